The molecule has 7 nitrogen and oxygen atoms in total. The van der Waals surface area contributed by atoms with E-state index < -0.39 is 23.4 Å². The van der Waals surface area contributed by atoms with Crippen molar-refractivity contribution in [1.29, 1.82) is 0 Å². The molecule has 0 aliphatic rings. The maximum atomic E-state index is 11.5. The van der Waals surface area contributed by atoms with Gasteiger partial charge in [0.25, 0.3) is 0 Å². The largest absolute Gasteiger partial charge is 1.00 e. The third-order valence-corrected chi connectivity index (χ3v) is 2.10. The number of anilines is 1. The van der Waals surface area contributed by atoms with E-state index in [9.17, 15) is 14.7 Å². The molecule has 108 valence electrons. The minimum absolute atomic E-state index is 0. The predicted octanol–water partition coefficient (Wildman–Crippen LogP) is -2.03. The average Bonchev–Trinajstić information content (AvgIpc) is 2.29. The minimum atomic E-state index is -1.60. The van der Waals surface area contributed by atoms with E-state index >= 15 is 0 Å². The summed E-state index contributed by atoms with van der Waals surface area (Å²) in [5.41, 5.74) is -0.634. The molecule has 0 radical (unpaired) electrons. The normalized spacial score (nSPS) is 11.3. The average molecular weight is 302 g/mol. The molecule has 0 aliphatic heterocycles. The molecule has 0 saturated heterocycles. The molecular formula is C13H15N2NaO5. The first kappa shape index (κ1) is 19.4. The fraction of sp³-hybridized carbons (Fsp3) is 0.308. The minimum Gasteiger partial charge on any atom is -0.543 e. The van der Waals surface area contributed by atoms with Gasteiger partial charge in [-0.05, 0) is 32.9 Å². The molecule has 1 amide bonds. The fourth-order valence-corrected chi connectivity index (χ4v) is 1.35. The second kappa shape index (κ2) is 8.02. The number of ether oxygens (including phenoxy) is 1. The maximum absolute atomic E-state index is 11.5. The molecule has 0 aromatic heterocycles. The van der Waals surface area contributed by atoms with Crippen LogP contribution in [0.5, 0.6) is 0 Å². The fourth-order valence-electron chi connectivity index (χ4n) is 1.35. The Morgan fingerprint density at radius 1 is 1.24 bits per heavy atom. The second-order valence-corrected chi connectivity index (χ2v) is 4.94. The first-order valence-corrected chi connectivity index (χ1v) is 5.77. The van der Waals surface area contributed by atoms with Crippen LogP contribution < -0.4 is 40.0 Å². The van der Waals surface area contributed by atoms with E-state index in [1.165, 1.54) is 24.3 Å². The van der Waals surface area contributed by atoms with Crippen LogP contribution in [-0.4, -0.2) is 28.6 Å². The van der Waals surface area contributed by atoms with Crippen LogP contribution in [0.15, 0.2) is 29.4 Å². The summed E-state index contributed by atoms with van der Waals surface area (Å²) >= 11 is 0. The Morgan fingerprint density at radius 3 is 2.14 bits per heavy atom. The van der Waals surface area contributed by atoms with Gasteiger partial charge >= 0.3 is 35.7 Å². The van der Waals surface area contributed by atoms with Crippen LogP contribution >= 0.6 is 0 Å². The van der Waals surface area contributed by atoms with E-state index in [-0.39, 0.29) is 35.1 Å². The molecule has 0 saturated carbocycles. The second-order valence-electron chi connectivity index (χ2n) is 4.94. The molecule has 0 unspecified atom stereocenters. The molecule has 0 heterocycles. The van der Waals surface area contributed by atoms with Gasteiger partial charge in [-0.2, -0.15) is 0 Å². The van der Waals surface area contributed by atoms with Gasteiger partial charge in [-0.1, -0.05) is 17.3 Å². The Hall–Kier alpha value is -1.57. The van der Waals surface area contributed by atoms with Crippen molar-refractivity contribution < 1.29 is 54.2 Å². The Bertz CT molecular complexity index is 534. The molecule has 0 atom stereocenters. The Balaban J connectivity index is 0.00000400. The van der Waals surface area contributed by atoms with Crippen LogP contribution in [0.4, 0.5) is 10.5 Å². The number of nitrogens with one attached hydrogen (secondary N) is 1. The van der Waals surface area contributed by atoms with Gasteiger partial charge in [0.05, 0.1) is 5.97 Å². The zero-order valence-corrected chi connectivity index (χ0v) is 14.3. The standard InChI is InChI=1S/C13H16N2O5.Na/c1-13(2,3)20-12(18)14-9-6-4-8(5-7-9)10(15-19)11(16)17;/h4-7,19H,1-3H3,(H,14,18)(H,16,17);/q;+1/p-1. The van der Waals surface area contributed by atoms with Crippen molar-refractivity contribution in [1.82, 2.24) is 0 Å². The van der Waals surface area contributed by atoms with Crippen LogP contribution in [0.2, 0.25) is 0 Å². The summed E-state index contributed by atoms with van der Waals surface area (Å²) in [4.78, 5) is 22.2. The van der Waals surface area contributed by atoms with Crippen molar-refractivity contribution in [3.05, 3.63) is 29.8 Å². The van der Waals surface area contributed by atoms with Crippen LogP contribution in [0.3, 0.4) is 0 Å². The van der Waals surface area contributed by atoms with Crippen LogP contribution in [0.25, 0.3) is 0 Å². The molecule has 2 N–H and O–H groups in total. The third kappa shape index (κ3) is 6.61. The van der Waals surface area contributed by atoms with Gasteiger partial charge in [0.15, 0.2) is 0 Å². The van der Waals surface area contributed by atoms with Crippen molar-refractivity contribution in [3.8, 4) is 0 Å². The summed E-state index contributed by atoms with van der Waals surface area (Å²) in [6.45, 7) is 5.21. The molecule has 1 aromatic carbocycles. The van der Waals surface area contributed by atoms with Gasteiger partial charge in [-0.3, -0.25) is 5.32 Å². The number of carboxylic acid groups (broad SMARTS) is 1. The van der Waals surface area contributed by atoms with E-state index in [4.69, 9.17) is 9.94 Å². The van der Waals surface area contributed by atoms with E-state index in [0.717, 1.165) is 0 Å². The summed E-state index contributed by atoms with van der Waals surface area (Å²) in [5, 5.41) is 24.4. The number of carboxylic acids is 1. The van der Waals surface area contributed by atoms with Gasteiger partial charge in [-0.25, -0.2) is 4.79 Å². The third-order valence-electron chi connectivity index (χ3n) is 2.10. The summed E-state index contributed by atoms with van der Waals surface area (Å²) in [5.74, 6) is -1.60. The molecule has 8 heteroatoms. The summed E-state index contributed by atoms with van der Waals surface area (Å²) in [7, 11) is 0. The van der Waals surface area contributed by atoms with E-state index in [1.54, 1.807) is 20.8 Å². The number of hydrogen-bond acceptors (Lipinski definition) is 6. The van der Waals surface area contributed by atoms with Crippen molar-refractivity contribution in [2.75, 3.05) is 5.32 Å². The molecular weight excluding hydrogens is 287 g/mol. The predicted molar refractivity (Wildman–Crippen MR) is 69.6 cm³/mol. The Morgan fingerprint density at radius 2 is 1.76 bits per heavy atom. The summed E-state index contributed by atoms with van der Waals surface area (Å²) < 4.78 is 5.06. The number of carbonyl (C=O) groups is 2. The molecule has 0 fully saturated rings. The molecule has 1 rings (SSSR count). The number of carbonyl (C=O) groups excluding carboxylic acids is 2. The quantitative estimate of drug-likeness (QED) is 0.289. The summed E-state index contributed by atoms with van der Waals surface area (Å²) in [6.07, 6.45) is -0.624. The maximum Gasteiger partial charge on any atom is 1.00 e. The molecule has 1 aromatic rings. The van der Waals surface area contributed by atoms with Crippen LogP contribution in [0, 0.1) is 0 Å². The van der Waals surface area contributed by atoms with Gasteiger partial charge in [0.1, 0.15) is 11.3 Å². The Labute approximate surface area is 144 Å². The SMILES string of the molecule is CC(C)(C)OC(=O)Nc1ccc(C(=NO)C(=O)[O-])cc1.[Na+]. The Kier molecular flexibility index (Phi) is 7.42. The van der Waals surface area contributed by atoms with Crippen molar-refractivity contribution in [3.63, 3.8) is 0 Å². The number of benzene rings is 1. The molecule has 0 spiro atoms. The first-order chi connectivity index (χ1) is 9.23. The zero-order chi connectivity index (χ0) is 15.3. The molecule has 21 heavy (non-hydrogen) atoms. The molecule has 0 bridgehead atoms. The number of rotatable bonds is 3. The van der Waals surface area contributed by atoms with Gasteiger partial charge < -0.3 is 19.8 Å². The van der Waals surface area contributed by atoms with Crippen molar-refractivity contribution in [2.24, 2.45) is 5.16 Å². The summed E-state index contributed by atoms with van der Waals surface area (Å²) in [6, 6.07) is 5.65. The molecule has 0 aliphatic carbocycles. The van der Waals surface area contributed by atoms with Crippen molar-refractivity contribution in [2.45, 2.75) is 26.4 Å². The van der Waals surface area contributed by atoms with E-state index in [0.29, 0.717) is 5.69 Å². The van der Waals surface area contributed by atoms with Gasteiger partial charge in [0.2, 0.25) is 0 Å². The van der Waals surface area contributed by atoms with Crippen LogP contribution in [0.1, 0.15) is 26.3 Å². The monoisotopic (exact) mass is 302 g/mol. The van der Waals surface area contributed by atoms with Crippen LogP contribution in [-0.2, 0) is 9.53 Å². The van der Waals surface area contributed by atoms with Crippen molar-refractivity contribution >= 4 is 23.5 Å². The number of nitrogens with zero attached hydrogens (tertiary/aromatic N) is 1. The smallest absolute Gasteiger partial charge is 0.543 e. The van der Waals surface area contributed by atoms with E-state index in [1.807, 2.05) is 0 Å². The number of oxime groups is 1. The van der Waals surface area contributed by atoms with Gasteiger partial charge in [-0.15, -0.1) is 0 Å². The number of amides is 1. The van der Waals surface area contributed by atoms with E-state index in [2.05, 4.69) is 10.5 Å². The number of aliphatic carboxylic acids is 1. The van der Waals surface area contributed by atoms with Gasteiger partial charge in [0, 0.05) is 11.3 Å². The zero-order valence-electron chi connectivity index (χ0n) is 12.3. The topological polar surface area (TPSA) is 111 Å². The number of hydrogen-bond donors (Lipinski definition) is 2. The first-order valence-electron chi connectivity index (χ1n) is 5.77.